The molecular weight excluding hydrogens is 280 g/mol. The first-order valence-corrected chi connectivity index (χ1v) is 8.40. The predicted molar refractivity (Wildman–Crippen MR) is 91.0 cm³/mol. The third-order valence-electron chi connectivity index (χ3n) is 4.49. The van der Waals surface area contributed by atoms with E-state index in [4.69, 9.17) is 10.2 Å². The molecule has 22 heavy (non-hydrogen) atoms. The predicted octanol–water partition coefficient (Wildman–Crippen LogP) is 5.21. The molecule has 0 heterocycles. The largest absolute Gasteiger partial charge is 0.481 e. The summed E-state index contributed by atoms with van der Waals surface area (Å²) in [7, 11) is 0. The number of hydrogen-bond acceptors (Lipinski definition) is 2. The quantitative estimate of drug-likeness (QED) is 0.572. The number of hydrogen-bond donors (Lipinski definition) is 2. The summed E-state index contributed by atoms with van der Waals surface area (Å²) in [6.07, 6.45) is 6.13. The molecule has 0 aromatic rings. The van der Waals surface area contributed by atoms with E-state index in [-0.39, 0.29) is 5.92 Å². The maximum absolute atomic E-state index is 10.7. The summed E-state index contributed by atoms with van der Waals surface area (Å²) in [6, 6.07) is 0. The second-order valence-corrected chi connectivity index (χ2v) is 7.36. The fraction of sp³-hybridized carbons (Fsp3) is 0.889. The van der Waals surface area contributed by atoms with Gasteiger partial charge in [0.15, 0.2) is 0 Å². The van der Waals surface area contributed by atoms with Crippen LogP contribution in [0.3, 0.4) is 0 Å². The van der Waals surface area contributed by atoms with Crippen LogP contribution in [0.2, 0.25) is 0 Å². The van der Waals surface area contributed by atoms with E-state index in [0.29, 0.717) is 0 Å². The van der Waals surface area contributed by atoms with Gasteiger partial charge < -0.3 is 10.2 Å². The molecule has 0 aliphatic heterocycles. The van der Waals surface area contributed by atoms with Crippen LogP contribution in [-0.2, 0) is 9.59 Å². The summed E-state index contributed by atoms with van der Waals surface area (Å²) in [5, 5.41) is 17.6. The van der Waals surface area contributed by atoms with E-state index in [2.05, 4.69) is 13.8 Å². The van der Waals surface area contributed by atoms with Crippen molar-refractivity contribution in [2.75, 3.05) is 0 Å². The highest BCUT2D eigenvalue weighted by atomic mass is 16.4. The van der Waals surface area contributed by atoms with Crippen LogP contribution in [0, 0.1) is 16.7 Å². The number of unbranched alkanes of at least 4 members (excludes halogenated alkanes) is 2. The van der Waals surface area contributed by atoms with Gasteiger partial charge in [-0.2, -0.15) is 0 Å². The van der Waals surface area contributed by atoms with E-state index >= 15 is 0 Å². The zero-order valence-electron chi connectivity index (χ0n) is 15.5. The van der Waals surface area contributed by atoms with Crippen LogP contribution >= 0.6 is 0 Å². The molecule has 0 aliphatic carbocycles. The summed E-state index contributed by atoms with van der Waals surface area (Å²) >= 11 is 0. The average Bonchev–Trinajstić information content (AvgIpc) is 2.39. The van der Waals surface area contributed by atoms with E-state index in [1.165, 1.54) is 0 Å². The molecule has 1 atom stereocenters. The highest BCUT2D eigenvalue weighted by Crippen LogP contribution is 2.29. The van der Waals surface area contributed by atoms with Gasteiger partial charge in [0, 0.05) is 0 Å². The Morgan fingerprint density at radius 3 is 1.73 bits per heavy atom. The van der Waals surface area contributed by atoms with E-state index in [1.54, 1.807) is 27.7 Å². The molecule has 0 spiro atoms. The Balaban J connectivity index is 0. The fourth-order valence-corrected chi connectivity index (χ4v) is 1.93. The molecule has 0 saturated carbocycles. The summed E-state index contributed by atoms with van der Waals surface area (Å²) < 4.78 is 0. The van der Waals surface area contributed by atoms with Crippen molar-refractivity contribution < 1.29 is 19.8 Å². The van der Waals surface area contributed by atoms with Crippen molar-refractivity contribution in [1.29, 1.82) is 0 Å². The molecule has 0 aromatic carbocycles. The third-order valence-corrected chi connectivity index (χ3v) is 4.49. The first-order chi connectivity index (χ1) is 9.93. The minimum absolute atomic E-state index is 0.255. The van der Waals surface area contributed by atoms with Gasteiger partial charge in [-0.3, -0.25) is 9.59 Å². The van der Waals surface area contributed by atoms with Crippen LogP contribution in [0.15, 0.2) is 0 Å². The maximum Gasteiger partial charge on any atom is 0.309 e. The molecule has 1 unspecified atom stereocenters. The van der Waals surface area contributed by atoms with Gasteiger partial charge in [-0.25, -0.2) is 0 Å². The van der Waals surface area contributed by atoms with Crippen LogP contribution < -0.4 is 0 Å². The van der Waals surface area contributed by atoms with Crippen LogP contribution in [0.4, 0.5) is 0 Å². The molecule has 0 saturated heterocycles. The van der Waals surface area contributed by atoms with Crippen molar-refractivity contribution in [3.05, 3.63) is 0 Å². The van der Waals surface area contributed by atoms with Gasteiger partial charge >= 0.3 is 11.9 Å². The first kappa shape index (κ1) is 23.2. The monoisotopic (exact) mass is 316 g/mol. The molecule has 0 aromatic heterocycles. The smallest absolute Gasteiger partial charge is 0.309 e. The van der Waals surface area contributed by atoms with Gasteiger partial charge in [-0.15, -0.1) is 0 Å². The SMILES string of the molecule is CCCC(C)C(C)(C)C(=O)O.CCCCCC(C)(C)C(=O)O. The zero-order chi connectivity index (χ0) is 18.0. The van der Waals surface area contributed by atoms with E-state index in [1.807, 2.05) is 6.92 Å². The van der Waals surface area contributed by atoms with Crippen LogP contribution in [0.25, 0.3) is 0 Å². The molecule has 2 N–H and O–H groups in total. The minimum atomic E-state index is -0.696. The zero-order valence-corrected chi connectivity index (χ0v) is 15.5. The maximum atomic E-state index is 10.7. The lowest BCUT2D eigenvalue weighted by atomic mass is 9.78. The third kappa shape index (κ3) is 9.06. The second-order valence-electron chi connectivity index (χ2n) is 7.36. The molecule has 4 heteroatoms. The molecule has 0 fully saturated rings. The first-order valence-electron chi connectivity index (χ1n) is 8.40. The van der Waals surface area contributed by atoms with Crippen molar-refractivity contribution in [2.45, 2.75) is 87.0 Å². The van der Waals surface area contributed by atoms with Crippen LogP contribution in [0.5, 0.6) is 0 Å². The molecule has 0 aliphatic rings. The lowest BCUT2D eigenvalue weighted by Crippen LogP contribution is -2.30. The summed E-state index contributed by atoms with van der Waals surface area (Å²) in [4.78, 5) is 21.4. The Labute approximate surface area is 136 Å². The number of carboxylic acid groups (broad SMARTS) is 2. The Hall–Kier alpha value is -1.06. The van der Waals surface area contributed by atoms with Gasteiger partial charge in [0.2, 0.25) is 0 Å². The topological polar surface area (TPSA) is 74.6 Å². The van der Waals surface area contributed by atoms with Crippen molar-refractivity contribution in [1.82, 2.24) is 0 Å². The van der Waals surface area contributed by atoms with Gasteiger partial charge in [-0.05, 0) is 46.5 Å². The van der Waals surface area contributed by atoms with Gasteiger partial charge in [0.25, 0.3) is 0 Å². The Kier molecular flexibility index (Phi) is 11.2. The van der Waals surface area contributed by atoms with Gasteiger partial charge in [0.05, 0.1) is 10.8 Å². The lowest BCUT2D eigenvalue weighted by Gasteiger charge is -2.26. The van der Waals surface area contributed by atoms with Crippen LogP contribution in [0.1, 0.15) is 87.0 Å². The number of rotatable bonds is 9. The number of carbonyl (C=O) groups is 2. The van der Waals surface area contributed by atoms with Crippen molar-refractivity contribution in [3.63, 3.8) is 0 Å². The molecular formula is C18H36O4. The average molecular weight is 316 g/mol. The van der Waals surface area contributed by atoms with Crippen molar-refractivity contribution >= 4 is 11.9 Å². The van der Waals surface area contributed by atoms with Gasteiger partial charge in [-0.1, -0.05) is 46.5 Å². The van der Waals surface area contributed by atoms with Crippen molar-refractivity contribution in [3.8, 4) is 0 Å². The Morgan fingerprint density at radius 2 is 1.41 bits per heavy atom. The molecule has 4 nitrogen and oxygen atoms in total. The fourth-order valence-electron chi connectivity index (χ4n) is 1.93. The standard InChI is InChI=1S/2C9H18O2/c1-5-6-7(2)9(3,4)8(10)11;1-4-5-6-7-9(2,3)8(10)11/h7H,5-6H2,1-4H3,(H,10,11);4-7H2,1-3H3,(H,10,11). The summed E-state index contributed by atoms with van der Waals surface area (Å²) in [5.74, 6) is -1.13. The summed E-state index contributed by atoms with van der Waals surface area (Å²) in [5.41, 5.74) is -1.11. The molecule has 132 valence electrons. The van der Waals surface area contributed by atoms with Crippen molar-refractivity contribution in [2.24, 2.45) is 16.7 Å². The highest BCUT2D eigenvalue weighted by Gasteiger charge is 2.32. The van der Waals surface area contributed by atoms with E-state index in [9.17, 15) is 9.59 Å². The minimum Gasteiger partial charge on any atom is -0.481 e. The summed E-state index contributed by atoms with van der Waals surface area (Å²) in [6.45, 7) is 13.3. The molecule has 0 radical (unpaired) electrons. The second kappa shape index (κ2) is 10.6. The Bertz CT molecular complexity index is 332. The molecule has 0 bridgehead atoms. The molecule has 0 rings (SSSR count). The van der Waals surface area contributed by atoms with Crippen LogP contribution in [-0.4, -0.2) is 22.2 Å². The lowest BCUT2D eigenvalue weighted by molar-refractivity contribution is -0.150. The number of aliphatic carboxylic acids is 2. The molecule has 0 amide bonds. The van der Waals surface area contributed by atoms with Gasteiger partial charge in [0.1, 0.15) is 0 Å². The Morgan fingerprint density at radius 1 is 0.909 bits per heavy atom. The van der Waals surface area contributed by atoms with E-state index < -0.39 is 22.8 Å². The highest BCUT2D eigenvalue weighted by molar-refractivity contribution is 5.74. The van der Waals surface area contributed by atoms with E-state index in [0.717, 1.165) is 38.5 Å². The normalized spacial score (nSPS) is 13.0. The number of carboxylic acids is 2.